The first-order valence-corrected chi connectivity index (χ1v) is 10.8. The highest BCUT2D eigenvalue weighted by Crippen LogP contribution is 2.29. The van der Waals surface area contributed by atoms with E-state index in [-0.39, 0.29) is 29.9 Å². The Morgan fingerprint density at radius 1 is 1.29 bits per heavy atom. The molecular formula is C20H23NO6S. The number of furan rings is 1. The molecule has 3 heterocycles. The van der Waals surface area contributed by atoms with Gasteiger partial charge in [-0.05, 0) is 51.5 Å². The summed E-state index contributed by atoms with van der Waals surface area (Å²) < 4.78 is 35.8. The molecule has 0 radical (unpaired) electrons. The number of esters is 1. The van der Waals surface area contributed by atoms with Gasteiger partial charge in [0, 0.05) is 29.1 Å². The maximum Gasteiger partial charge on any atom is 0.331 e. The zero-order valence-corrected chi connectivity index (χ0v) is 16.9. The number of nitrogens with zero attached hydrogens (tertiary/aromatic N) is 1. The predicted octanol–water partition coefficient (Wildman–Crippen LogP) is 2.81. The highest BCUT2D eigenvalue weighted by atomic mass is 32.2. The third kappa shape index (κ3) is 4.44. The van der Waals surface area contributed by atoms with Gasteiger partial charge in [0.2, 0.25) is 5.78 Å². The number of rotatable bonds is 6. The molecule has 1 aliphatic heterocycles. The number of sulfone groups is 1. The Balaban J connectivity index is 1.64. The summed E-state index contributed by atoms with van der Waals surface area (Å²) in [5.41, 5.74) is 1.96. The number of Topliss-reactive ketones (excluding diaryl/α,β-unsaturated/α-hetero) is 1. The van der Waals surface area contributed by atoms with Crippen LogP contribution in [0.25, 0.3) is 6.08 Å². The van der Waals surface area contributed by atoms with Gasteiger partial charge in [-0.1, -0.05) is 0 Å². The van der Waals surface area contributed by atoms with Crippen LogP contribution < -0.4 is 0 Å². The Bertz CT molecular complexity index is 1040. The molecule has 0 bridgehead atoms. The van der Waals surface area contributed by atoms with Crippen LogP contribution in [0.15, 0.2) is 28.7 Å². The summed E-state index contributed by atoms with van der Waals surface area (Å²) in [5.74, 6) is 0.540. The summed E-state index contributed by atoms with van der Waals surface area (Å²) in [4.78, 5) is 24.3. The van der Waals surface area contributed by atoms with Gasteiger partial charge in [-0.2, -0.15) is 0 Å². The van der Waals surface area contributed by atoms with Crippen LogP contribution in [-0.4, -0.2) is 42.9 Å². The van der Waals surface area contributed by atoms with Crippen molar-refractivity contribution >= 4 is 27.7 Å². The largest absolute Gasteiger partial charge is 0.462 e. The SMILES string of the molecule is Cc1ccc(/C=C/C(=O)OCC(=O)c2cc(C)n(C3CCS(=O)(=O)C3)c2C)o1. The molecule has 3 rings (SSSR count). The molecule has 150 valence electrons. The number of carbonyl (C=O) groups is 2. The summed E-state index contributed by atoms with van der Waals surface area (Å²) in [6.07, 6.45) is 3.22. The number of aryl methyl sites for hydroxylation is 2. The average Bonchev–Trinajstić information content (AvgIpc) is 3.28. The van der Waals surface area contributed by atoms with E-state index in [1.54, 1.807) is 32.0 Å². The molecule has 2 aromatic rings. The van der Waals surface area contributed by atoms with Gasteiger partial charge >= 0.3 is 5.97 Å². The Morgan fingerprint density at radius 3 is 2.64 bits per heavy atom. The molecule has 1 unspecified atom stereocenters. The van der Waals surface area contributed by atoms with Gasteiger partial charge < -0.3 is 13.7 Å². The molecule has 1 atom stereocenters. The van der Waals surface area contributed by atoms with E-state index in [1.807, 2.05) is 11.5 Å². The molecule has 0 saturated carbocycles. The lowest BCUT2D eigenvalue weighted by Gasteiger charge is -2.16. The van der Waals surface area contributed by atoms with Crippen molar-refractivity contribution in [3.63, 3.8) is 0 Å². The van der Waals surface area contributed by atoms with Crippen molar-refractivity contribution < 1.29 is 27.2 Å². The lowest BCUT2D eigenvalue weighted by Crippen LogP contribution is -2.16. The molecule has 1 fully saturated rings. The fraction of sp³-hybridized carbons (Fsp3) is 0.400. The predicted molar refractivity (Wildman–Crippen MR) is 104 cm³/mol. The van der Waals surface area contributed by atoms with Crippen molar-refractivity contribution in [1.82, 2.24) is 4.57 Å². The van der Waals surface area contributed by atoms with Crippen LogP contribution in [0.5, 0.6) is 0 Å². The Morgan fingerprint density at radius 2 is 2.04 bits per heavy atom. The smallest absolute Gasteiger partial charge is 0.331 e. The maximum atomic E-state index is 12.5. The Kier molecular flexibility index (Phi) is 5.60. The average molecular weight is 405 g/mol. The molecule has 7 nitrogen and oxygen atoms in total. The van der Waals surface area contributed by atoms with Gasteiger partial charge in [-0.25, -0.2) is 13.2 Å². The normalized spacial score (nSPS) is 18.6. The Hall–Kier alpha value is -2.61. The number of carbonyl (C=O) groups excluding carboxylic acids is 2. The second-order valence-corrected chi connectivity index (χ2v) is 9.25. The van der Waals surface area contributed by atoms with Crippen molar-refractivity contribution in [2.75, 3.05) is 18.1 Å². The second-order valence-electron chi connectivity index (χ2n) is 7.02. The third-order valence-electron chi connectivity index (χ3n) is 4.85. The van der Waals surface area contributed by atoms with Crippen molar-refractivity contribution in [3.8, 4) is 0 Å². The minimum Gasteiger partial charge on any atom is -0.462 e. The van der Waals surface area contributed by atoms with E-state index in [1.165, 1.54) is 12.2 Å². The first kappa shape index (κ1) is 20.1. The van der Waals surface area contributed by atoms with Crippen LogP contribution >= 0.6 is 0 Å². The summed E-state index contributed by atoms with van der Waals surface area (Å²) >= 11 is 0. The van der Waals surface area contributed by atoms with Crippen molar-refractivity contribution in [3.05, 3.63) is 52.7 Å². The molecule has 0 N–H and O–H groups in total. The van der Waals surface area contributed by atoms with Gasteiger partial charge in [0.25, 0.3) is 0 Å². The summed E-state index contributed by atoms with van der Waals surface area (Å²) in [5, 5.41) is 0. The monoisotopic (exact) mass is 405 g/mol. The topological polar surface area (TPSA) is 95.6 Å². The van der Waals surface area contributed by atoms with Crippen LogP contribution in [0.2, 0.25) is 0 Å². The third-order valence-corrected chi connectivity index (χ3v) is 6.60. The van der Waals surface area contributed by atoms with Crippen molar-refractivity contribution in [2.45, 2.75) is 33.2 Å². The number of hydrogen-bond acceptors (Lipinski definition) is 6. The Labute approximate surface area is 163 Å². The van der Waals surface area contributed by atoms with Crippen LogP contribution in [0.3, 0.4) is 0 Å². The molecular weight excluding hydrogens is 382 g/mol. The fourth-order valence-electron chi connectivity index (χ4n) is 3.56. The van der Waals surface area contributed by atoms with E-state index >= 15 is 0 Å². The first-order chi connectivity index (χ1) is 13.2. The quantitative estimate of drug-likeness (QED) is 0.417. The first-order valence-electron chi connectivity index (χ1n) is 8.99. The number of aromatic nitrogens is 1. The minimum absolute atomic E-state index is 0.0863. The van der Waals surface area contributed by atoms with Crippen LogP contribution in [-0.2, 0) is 19.4 Å². The lowest BCUT2D eigenvalue weighted by molar-refractivity contribution is -0.136. The maximum absolute atomic E-state index is 12.5. The van der Waals surface area contributed by atoms with E-state index in [9.17, 15) is 18.0 Å². The van der Waals surface area contributed by atoms with Crippen LogP contribution in [0, 0.1) is 20.8 Å². The van der Waals surface area contributed by atoms with Gasteiger partial charge in [0.1, 0.15) is 11.5 Å². The number of ketones is 1. The van der Waals surface area contributed by atoms with E-state index < -0.39 is 15.8 Å². The van der Waals surface area contributed by atoms with Gasteiger partial charge in [-0.15, -0.1) is 0 Å². The fourth-order valence-corrected chi connectivity index (χ4v) is 5.26. The zero-order chi connectivity index (χ0) is 20.5. The molecule has 0 aromatic carbocycles. The van der Waals surface area contributed by atoms with Gasteiger partial charge in [0.05, 0.1) is 11.5 Å². The molecule has 0 aliphatic carbocycles. The standard InChI is InChI=1S/C20H23NO6S/c1-13-10-18(15(3)21(13)16-8-9-28(24,25)12-16)19(22)11-26-20(23)7-6-17-5-4-14(2)27-17/h4-7,10,16H,8-9,11-12H2,1-3H3/b7-6+. The summed E-state index contributed by atoms with van der Waals surface area (Å²) in [6, 6.07) is 5.06. The molecule has 28 heavy (non-hydrogen) atoms. The van der Waals surface area contributed by atoms with Gasteiger partial charge in [-0.3, -0.25) is 4.79 Å². The van der Waals surface area contributed by atoms with Crippen molar-refractivity contribution in [2.24, 2.45) is 0 Å². The van der Waals surface area contributed by atoms with Crippen LogP contribution in [0.1, 0.15) is 45.7 Å². The summed E-state index contributed by atoms with van der Waals surface area (Å²) in [6.45, 7) is 5.04. The molecule has 1 saturated heterocycles. The molecule has 0 amide bonds. The molecule has 0 spiro atoms. The van der Waals surface area contributed by atoms with E-state index in [0.29, 0.717) is 23.4 Å². The van der Waals surface area contributed by atoms with E-state index in [0.717, 1.165) is 11.5 Å². The zero-order valence-electron chi connectivity index (χ0n) is 16.1. The number of hydrogen-bond donors (Lipinski definition) is 0. The lowest BCUT2D eigenvalue weighted by atomic mass is 10.1. The van der Waals surface area contributed by atoms with Crippen LogP contribution in [0.4, 0.5) is 0 Å². The minimum atomic E-state index is -3.03. The molecule has 8 heteroatoms. The molecule has 1 aliphatic rings. The highest BCUT2D eigenvalue weighted by molar-refractivity contribution is 7.91. The van der Waals surface area contributed by atoms with Crippen molar-refractivity contribution in [1.29, 1.82) is 0 Å². The van der Waals surface area contributed by atoms with Gasteiger partial charge in [0.15, 0.2) is 16.4 Å². The summed E-state index contributed by atoms with van der Waals surface area (Å²) in [7, 11) is -3.03. The second kappa shape index (κ2) is 7.79. The number of ether oxygens (including phenoxy) is 1. The highest BCUT2D eigenvalue weighted by Gasteiger charge is 2.31. The van der Waals surface area contributed by atoms with E-state index in [4.69, 9.17) is 9.15 Å². The molecule has 2 aromatic heterocycles. The van der Waals surface area contributed by atoms with E-state index in [2.05, 4.69) is 0 Å².